The molecule has 0 N–H and O–H groups in total. The molecule has 0 heteroatoms. The van der Waals surface area contributed by atoms with Gasteiger partial charge < -0.3 is 0 Å². The van der Waals surface area contributed by atoms with E-state index in [-0.39, 0.29) is 0 Å². The molecule has 3 aliphatic carbocycles. The summed E-state index contributed by atoms with van der Waals surface area (Å²) in [4.78, 5) is 0. The minimum atomic E-state index is 0.626. The highest BCUT2D eigenvalue weighted by atomic mass is 14.4. The van der Waals surface area contributed by atoms with Gasteiger partial charge in [0.15, 0.2) is 0 Å². The topological polar surface area (TPSA) is 0 Å². The van der Waals surface area contributed by atoms with E-state index in [0.29, 0.717) is 5.41 Å². The van der Waals surface area contributed by atoms with Crippen molar-refractivity contribution in [3.05, 3.63) is 211 Å². The van der Waals surface area contributed by atoms with E-state index in [1.807, 2.05) is 0 Å². The largest absolute Gasteiger partial charge is 0.0654 e. The standard InChI is InChI=1S/C17H20.C16H30.C15H16.C14H20.C14H30.C10H14.C8H18.C4H10/c1-12-5-7-16(9-14(12)3)11-17-8-6-13(2)15(4)10-17;1-13-9-11-15(12-10-13)16(2,3)14-7-5-4-6-8-14;1-12-3-7-14(8-4-12)11-15-9-5-13(2)6-10-15;1-12-7-9-14(10-8-12)11-13-5-3-2-4-6-13;1-3-5-7-9-11-13-14-12-10-8-6-4-2;1-3-9-6-5-7-10(4-2)8-9;1-3-5-7-8-6-4-2;1-3-4-2/h5-10H,11H2,1-4H3;13-15H,4-12H2,1-3H3;3-10H,11H2,1-2H3;7-10,13H,2-6,11H2,1H3;3-14H2,1-2H3;5-8H,3-4H2,1-2H3;3-8H2,1-2H3;3-4H2,1-2H3. The lowest BCUT2D eigenvalue weighted by molar-refractivity contribution is 0.0500. The maximum atomic E-state index is 2.57. The predicted octanol–water partition coefficient (Wildman–Crippen LogP) is 31.6. The van der Waals surface area contributed by atoms with E-state index in [1.165, 1.54) is 303 Å². The quantitative estimate of drug-likeness (QED) is 0.0451. The summed E-state index contributed by atoms with van der Waals surface area (Å²) in [5.41, 5.74) is 20.1. The Labute approximate surface area is 611 Å². The maximum absolute atomic E-state index is 2.57. The van der Waals surface area contributed by atoms with Crippen LogP contribution in [0.3, 0.4) is 0 Å². The van der Waals surface area contributed by atoms with E-state index < -0.39 is 0 Å². The lowest BCUT2D eigenvalue weighted by Gasteiger charge is -2.45. The summed E-state index contributed by atoms with van der Waals surface area (Å²) in [5.74, 6) is 4.01. The third kappa shape index (κ3) is 42.5. The first-order chi connectivity index (χ1) is 47.3. The van der Waals surface area contributed by atoms with Crippen molar-refractivity contribution in [1.29, 1.82) is 0 Å². The third-order valence-corrected chi connectivity index (χ3v) is 22.0. The van der Waals surface area contributed by atoms with Crippen LogP contribution in [0.2, 0.25) is 0 Å². The second kappa shape index (κ2) is 56.9. The molecular weight excluding hydrogens is 1180 g/mol. The Kier molecular flexibility index (Phi) is 51.9. The minimum absolute atomic E-state index is 0.626. The maximum Gasteiger partial charge on any atom is -0.00256 e. The first-order valence-electron chi connectivity index (χ1n) is 41.7. The number of hydrogen-bond donors (Lipinski definition) is 0. The van der Waals surface area contributed by atoms with Gasteiger partial charge in [-0.3, -0.25) is 0 Å². The van der Waals surface area contributed by atoms with Crippen LogP contribution in [-0.4, -0.2) is 0 Å². The molecule has 98 heavy (non-hydrogen) atoms. The number of unbranched alkanes of at least 4 members (excludes halogenated alkanes) is 17. The first-order valence-corrected chi connectivity index (χ1v) is 41.7. The van der Waals surface area contributed by atoms with Crippen molar-refractivity contribution >= 4 is 0 Å². The van der Waals surface area contributed by atoms with Gasteiger partial charge in [-0.2, -0.15) is 0 Å². The molecule has 550 valence electrons. The predicted molar refractivity (Wildman–Crippen MR) is 444 cm³/mol. The molecule has 0 saturated heterocycles. The Balaban J connectivity index is 0.000000389. The fourth-order valence-electron chi connectivity index (χ4n) is 14.2. The van der Waals surface area contributed by atoms with Crippen LogP contribution in [0.15, 0.2) is 133 Å². The van der Waals surface area contributed by atoms with Crippen LogP contribution in [-0.2, 0) is 32.1 Å². The zero-order valence-corrected chi connectivity index (χ0v) is 68.1. The summed E-state index contributed by atoms with van der Waals surface area (Å²) < 4.78 is 0. The van der Waals surface area contributed by atoms with Crippen LogP contribution >= 0.6 is 0 Å². The van der Waals surface area contributed by atoms with Crippen molar-refractivity contribution in [1.82, 2.24) is 0 Å². The Hall–Kier alpha value is -4.68. The summed E-state index contributed by atoms with van der Waals surface area (Å²) in [6, 6.07) is 48.8. The molecule has 3 saturated carbocycles. The van der Waals surface area contributed by atoms with Crippen LogP contribution in [0.25, 0.3) is 0 Å². The Morgan fingerprint density at radius 2 is 0.602 bits per heavy atom. The van der Waals surface area contributed by atoms with Crippen LogP contribution < -0.4 is 0 Å². The molecule has 0 aromatic heterocycles. The van der Waals surface area contributed by atoms with E-state index in [2.05, 4.69) is 258 Å². The molecular formula is C98H158. The van der Waals surface area contributed by atoms with Gasteiger partial charge in [-0.15, -0.1) is 0 Å². The molecule has 0 atom stereocenters. The van der Waals surface area contributed by atoms with Gasteiger partial charge in [-0.05, 0) is 197 Å². The fourth-order valence-corrected chi connectivity index (χ4v) is 14.2. The van der Waals surface area contributed by atoms with Gasteiger partial charge in [0, 0.05) is 0 Å². The third-order valence-electron chi connectivity index (χ3n) is 22.0. The van der Waals surface area contributed by atoms with Gasteiger partial charge in [0.1, 0.15) is 0 Å². The molecule has 0 aliphatic heterocycles. The molecule has 6 aromatic rings. The molecule has 0 unspecified atom stereocenters. The number of rotatable bonds is 27. The molecule has 3 fully saturated rings. The molecule has 0 radical (unpaired) electrons. The van der Waals surface area contributed by atoms with E-state index in [1.54, 1.807) is 0 Å². The van der Waals surface area contributed by atoms with Gasteiger partial charge in [-0.1, -0.05) is 419 Å². The van der Waals surface area contributed by atoms with E-state index in [0.717, 1.165) is 49.4 Å². The molecule has 6 aromatic carbocycles. The van der Waals surface area contributed by atoms with Crippen LogP contribution in [0.5, 0.6) is 0 Å². The Bertz CT molecular complexity index is 2630. The van der Waals surface area contributed by atoms with Crippen LogP contribution in [0, 0.1) is 77.6 Å². The van der Waals surface area contributed by atoms with Crippen molar-refractivity contribution in [2.24, 2.45) is 29.1 Å². The summed E-state index contributed by atoms with van der Waals surface area (Å²) in [7, 11) is 0. The molecule has 0 amide bonds. The van der Waals surface area contributed by atoms with Crippen molar-refractivity contribution in [3.8, 4) is 0 Å². The molecule has 3 aliphatic rings. The summed E-state index contributed by atoms with van der Waals surface area (Å²) in [5, 5.41) is 0. The summed E-state index contributed by atoms with van der Waals surface area (Å²) in [6.07, 6.45) is 55.0. The fraction of sp³-hybridized carbons (Fsp3) is 0.633. The Morgan fingerprint density at radius 3 is 0.939 bits per heavy atom. The number of hydrogen-bond acceptors (Lipinski definition) is 0. The van der Waals surface area contributed by atoms with Gasteiger partial charge in [0.25, 0.3) is 0 Å². The summed E-state index contributed by atoms with van der Waals surface area (Å²) in [6.45, 7) is 40.5. The van der Waals surface area contributed by atoms with Crippen molar-refractivity contribution in [2.75, 3.05) is 0 Å². The monoisotopic (exact) mass is 1340 g/mol. The zero-order valence-electron chi connectivity index (χ0n) is 68.1. The molecule has 0 bridgehead atoms. The highest BCUT2D eigenvalue weighted by Crippen LogP contribution is 2.49. The molecule has 0 spiro atoms. The van der Waals surface area contributed by atoms with Crippen molar-refractivity contribution in [3.63, 3.8) is 0 Å². The summed E-state index contributed by atoms with van der Waals surface area (Å²) >= 11 is 0. The van der Waals surface area contributed by atoms with Crippen LogP contribution in [0.4, 0.5) is 0 Å². The van der Waals surface area contributed by atoms with Gasteiger partial charge in [0.2, 0.25) is 0 Å². The van der Waals surface area contributed by atoms with E-state index >= 15 is 0 Å². The highest BCUT2D eigenvalue weighted by molar-refractivity contribution is 5.37. The Morgan fingerprint density at radius 1 is 0.286 bits per heavy atom. The van der Waals surface area contributed by atoms with Gasteiger partial charge in [0.05, 0.1) is 0 Å². The SMILES string of the molecule is CC1CCC(C(C)(C)C2CCCCC2)CC1.CCCC.CCCCCCCC.CCCCCCCCCCCCCC.CCc1cccc(CC)c1.Cc1ccc(CC2CCCCC2)cc1.Cc1ccc(Cc2ccc(C)c(C)c2)cc1C.Cc1ccc(Cc2ccc(C)cc2)cc1. The average molecular weight is 1340 g/mol. The van der Waals surface area contributed by atoms with Crippen LogP contribution in [0.1, 0.15) is 372 Å². The molecule has 9 rings (SSSR count). The second-order valence-corrected chi connectivity index (χ2v) is 31.4. The van der Waals surface area contributed by atoms with Crippen molar-refractivity contribution < 1.29 is 0 Å². The molecule has 0 heterocycles. The number of aryl methyl sites for hydroxylation is 9. The lowest BCUT2D eigenvalue weighted by Crippen LogP contribution is -2.35. The normalized spacial score (nSPS) is 15.2. The minimum Gasteiger partial charge on any atom is -0.0654 e. The molecule has 0 nitrogen and oxygen atoms in total. The zero-order chi connectivity index (χ0) is 72.0. The highest BCUT2D eigenvalue weighted by Gasteiger charge is 2.38. The lowest BCUT2D eigenvalue weighted by atomic mass is 9.60. The average Bonchev–Trinajstić information content (AvgIpc) is 0.817. The van der Waals surface area contributed by atoms with Gasteiger partial charge >= 0.3 is 0 Å². The van der Waals surface area contributed by atoms with E-state index in [4.69, 9.17) is 0 Å². The van der Waals surface area contributed by atoms with E-state index in [9.17, 15) is 0 Å². The van der Waals surface area contributed by atoms with Gasteiger partial charge in [-0.25, -0.2) is 0 Å². The van der Waals surface area contributed by atoms with Crippen molar-refractivity contribution in [2.45, 2.75) is 375 Å². The second-order valence-electron chi connectivity index (χ2n) is 31.4. The smallest absolute Gasteiger partial charge is 0.00256 e. The first kappa shape index (κ1) is 89.4. The number of benzene rings is 6.